The molecule has 1 unspecified atom stereocenters. The third kappa shape index (κ3) is 4.35. The molecule has 1 amide bonds. The zero-order valence-electron chi connectivity index (χ0n) is 15.2. The smallest absolute Gasteiger partial charge is 0.239 e. The van der Waals surface area contributed by atoms with Gasteiger partial charge in [-0.15, -0.1) is 0 Å². The van der Waals surface area contributed by atoms with Gasteiger partial charge < -0.3 is 9.80 Å². The molecule has 1 aromatic heterocycles. The number of likely N-dealkylation sites (N-methyl/N-ethyl adjacent to an activating group) is 1. The van der Waals surface area contributed by atoms with Crippen molar-refractivity contribution >= 4 is 11.9 Å². The van der Waals surface area contributed by atoms with E-state index >= 15 is 0 Å². The maximum atomic E-state index is 13.3. The Bertz CT molecular complexity index is 734. The third-order valence-corrected chi connectivity index (χ3v) is 4.74. The van der Waals surface area contributed by atoms with Crippen molar-refractivity contribution in [2.75, 3.05) is 38.1 Å². The van der Waals surface area contributed by atoms with Crippen molar-refractivity contribution in [2.24, 2.45) is 0 Å². The number of hydrogen-bond acceptors (Lipinski definition) is 5. The number of anilines is 1. The monoisotopic (exact) mass is 357 g/mol. The van der Waals surface area contributed by atoms with Crippen LogP contribution in [0.4, 0.5) is 10.3 Å². The van der Waals surface area contributed by atoms with Gasteiger partial charge >= 0.3 is 0 Å². The van der Waals surface area contributed by atoms with Crippen molar-refractivity contribution in [3.05, 3.63) is 54.1 Å². The average Bonchev–Trinajstić information content (AvgIpc) is 2.67. The van der Waals surface area contributed by atoms with E-state index in [9.17, 15) is 9.18 Å². The number of nitrogens with zero attached hydrogens (tertiary/aromatic N) is 5. The van der Waals surface area contributed by atoms with Gasteiger partial charge in [0, 0.05) is 52.2 Å². The molecule has 2 aromatic rings. The van der Waals surface area contributed by atoms with Gasteiger partial charge in [-0.1, -0.05) is 12.1 Å². The Labute approximate surface area is 153 Å². The van der Waals surface area contributed by atoms with Gasteiger partial charge in [-0.25, -0.2) is 14.4 Å². The Hall–Kier alpha value is -2.54. The fourth-order valence-corrected chi connectivity index (χ4v) is 3.23. The van der Waals surface area contributed by atoms with E-state index in [0.717, 1.165) is 37.7 Å². The molecular formula is C19H24FN5O. The van der Waals surface area contributed by atoms with Crippen LogP contribution in [0.5, 0.6) is 0 Å². The highest BCUT2D eigenvalue weighted by Gasteiger charge is 2.28. The van der Waals surface area contributed by atoms with Crippen molar-refractivity contribution in [2.45, 2.75) is 19.5 Å². The summed E-state index contributed by atoms with van der Waals surface area (Å²) in [6, 6.07) is 7.95. The normalized spacial score (nSPS) is 16.3. The molecule has 0 aliphatic carbocycles. The predicted octanol–water partition coefficient (Wildman–Crippen LogP) is 1.78. The van der Waals surface area contributed by atoms with Crippen molar-refractivity contribution in [1.82, 2.24) is 19.8 Å². The first-order valence-electron chi connectivity index (χ1n) is 8.80. The summed E-state index contributed by atoms with van der Waals surface area (Å²) in [5.74, 6) is 0.490. The van der Waals surface area contributed by atoms with Crippen molar-refractivity contribution < 1.29 is 9.18 Å². The van der Waals surface area contributed by atoms with Crippen LogP contribution in [-0.2, 0) is 11.3 Å². The van der Waals surface area contributed by atoms with Gasteiger partial charge in [0.25, 0.3) is 0 Å². The Morgan fingerprint density at radius 2 is 1.88 bits per heavy atom. The Morgan fingerprint density at radius 3 is 2.54 bits per heavy atom. The molecule has 26 heavy (non-hydrogen) atoms. The van der Waals surface area contributed by atoms with Crippen LogP contribution in [0.15, 0.2) is 42.7 Å². The van der Waals surface area contributed by atoms with Gasteiger partial charge in [0.2, 0.25) is 11.9 Å². The summed E-state index contributed by atoms with van der Waals surface area (Å²) < 4.78 is 13.3. The van der Waals surface area contributed by atoms with E-state index in [4.69, 9.17) is 0 Å². The molecule has 1 aromatic carbocycles. The van der Waals surface area contributed by atoms with Crippen LogP contribution in [0.25, 0.3) is 0 Å². The lowest BCUT2D eigenvalue weighted by atomic mass is 10.1. The second-order valence-corrected chi connectivity index (χ2v) is 6.57. The molecule has 6 nitrogen and oxygen atoms in total. The quantitative estimate of drug-likeness (QED) is 0.817. The molecule has 0 spiro atoms. The average molecular weight is 357 g/mol. The number of aromatic nitrogens is 2. The standard InChI is InChI=1S/C19H24FN5O/c1-15(18(26)23(2)14-16-5-3-6-17(20)13-16)24-9-11-25(12-10-24)19-21-7-4-8-22-19/h3-8,13,15H,9-12,14H2,1-2H3. The zero-order valence-corrected chi connectivity index (χ0v) is 15.2. The van der Waals surface area contributed by atoms with E-state index in [2.05, 4.69) is 19.8 Å². The topological polar surface area (TPSA) is 52.6 Å². The minimum absolute atomic E-state index is 0.0404. The first kappa shape index (κ1) is 18.3. The first-order chi connectivity index (χ1) is 12.5. The molecule has 0 saturated carbocycles. The lowest BCUT2D eigenvalue weighted by Crippen LogP contribution is -2.54. The van der Waals surface area contributed by atoms with Gasteiger partial charge in [-0.3, -0.25) is 9.69 Å². The van der Waals surface area contributed by atoms with E-state index < -0.39 is 0 Å². The lowest BCUT2D eigenvalue weighted by Gasteiger charge is -2.38. The molecule has 0 radical (unpaired) electrons. The molecule has 3 rings (SSSR count). The highest BCUT2D eigenvalue weighted by atomic mass is 19.1. The maximum absolute atomic E-state index is 13.3. The van der Waals surface area contributed by atoms with Gasteiger partial charge in [0.15, 0.2) is 0 Å². The molecular weight excluding hydrogens is 333 g/mol. The molecule has 0 N–H and O–H groups in total. The molecule has 1 aliphatic rings. The molecule has 2 heterocycles. The largest absolute Gasteiger partial charge is 0.340 e. The van der Waals surface area contributed by atoms with E-state index in [1.54, 1.807) is 36.5 Å². The minimum Gasteiger partial charge on any atom is -0.340 e. The Balaban J connectivity index is 1.54. The minimum atomic E-state index is -0.282. The van der Waals surface area contributed by atoms with E-state index in [1.807, 2.05) is 13.0 Å². The van der Waals surface area contributed by atoms with Crippen LogP contribution in [-0.4, -0.2) is 64.9 Å². The molecule has 1 aliphatic heterocycles. The number of piperazine rings is 1. The highest BCUT2D eigenvalue weighted by Crippen LogP contribution is 2.14. The number of benzene rings is 1. The second kappa shape index (κ2) is 8.23. The van der Waals surface area contributed by atoms with Crippen LogP contribution in [0.2, 0.25) is 0 Å². The number of halogens is 1. The van der Waals surface area contributed by atoms with E-state index in [-0.39, 0.29) is 17.8 Å². The van der Waals surface area contributed by atoms with Crippen LogP contribution in [0.1, 0.15) is 12.5 Å². The Kier molecular flexibility index (Phi) is 5.78. The van der Waals surface area contributed by atoms with Crippen LogP contribution < -0.4 is 4.90 Å². The molecule has 1 saturated heterocycles. The molecule has 138 valence electrons. The van der Waals surface area contributed by atoms with Gasteiger partial charge in [-0.2, -0.15) is 0 Å². The number of hydrogen-bond donors (Lipinski definition) is 0. The molecule has 1 fully saturated rings. The fourth-order valence-electron chi connectivity index (χ4n) is 3.23. The SMILES string of the molecule is CC(C(=O)N(C)Cc1cccc(F)c1)N1CCN(c2ncccn2)CC1. The summed E-state index contributed by atoms with van der Waals surface area (Å²) in [7, 11) is 1.76. The zero-order chi connectivity index (χ0) is 18.5. The number of amides is 1. The van der Waals surface area contributed by atoms with Crippen molar-refractivity contribution in [1.29, 1.82) is 0 Å². The second-order valence-electron chi connectivity index (χ2n) is 6.57. The van der Waals surface area contributed by atoms with Crippen LogP contribution in [0, 0.1) is 5.82 Å². The third-order valence-electron chi connectivity index (χ3n) is 4.74. The number of carbonyl (C=O) groups excluding carboxylic acids is 1. The summed E-state index contributed by atoms with van der Waals surface area (Å²) in [4.78, 5) is 27.3. The molecule has 0 bridgehead atoms. The maximum Gasteiger partial charge on any atom is 0.239 e. The summed E-state index contributed by atoms with van der Waals surface area (Å²) >= 11 is 0. The van der Waals surface area contributed by atoms with E-state index in [0.29, 0.717) is 6.54 Å². The van der Waals surface area contributed by atoms with Gasteiger partial charge in [-0.05, 0) is 30.7 Å². The van der Waals surface area contributed by atoms with Crippen LogP contribution in [0.3, 0.4) is 0 Å². The van der Waals surface area contributed by atoms with Gasteiger partial charge in [0.1, 0.15) is 5.82 Å². The van der Waals surface area contributed by atoms with Gasteiger partial charge in [0.05, 0.1) is 6.04 Å². The summed E-state index contributed by atoms with van der Waals surface area (Å²) in [6.45, 7) is 5.46. The Morgan fingerprint density at radius 1 is 1.19 bits per heavy atom. The lowest BCUT2D eigenvalue weighted by molar-refractivity contribution is -0.135. The summed E-state index contributed by atoms with van der Waals surface area (Å²) in [5, 5.41) is 0. The van der Waals surface area contributed by atoms with Crippen LogP contribution >= 0.6 is 0 Å². The highest BCUT2D eigenvalue weighted by molar-refractivity contribution is 5.81. The molecule has 1 atom stereocenters. The predicted molar refractivity (Wildman–Crippen MR) is 98.2 cm³/mol. The fraction of sp³-hybridized carbons (Fsp3) is 0.421. The molecule has 7 heteroatoms. The van der Waals surface area contributed by atoms with Crippen molar-refractivity contribution in [3.63, 3.8) is 0 Å². The summed E-state index contributed by atoms with van der Waals surface area (Å²) in [5.41, 5.74) is 0.791. The number of rotatable bonds is 5. The number of carbonyl (C=O) groups is 1. The first-order valence-corrected chi connectivity index (χ1v) is 8.80. The van der Waals surface area contributed by atoms with Crippen molar-refractivity contribution in [3.8, 4) is 0 Å². The summed E-state index contributed by atoms with van der Waals surface area (Å²) in [6.07, 6.45) is 3.48. The van der Waals surface area contributed by atoms with E-state index in [1.165, 1.54) is 12.1 Å².